The van der Waals surface area contributed by atoms with Gasteiger partial charge in [-0.1, -0.05) is 0 Å². The molecule has 0 atom stereocenters. The van der Waals surface area contributed by atoms with Crippen molar-refractivity contribution in [1.82, 2.24) is 0 Å². The van der Waals surface area contributed by atoms with Gasteiger partial charge >= 0.3 is 18.3 Å². The van der Waals surface area contributed by atoms with E-state index in [1.54, 1.807) is 0 Å². The third-order valence-electron chi connectivity index (χ3n) is 3.14. The van der Waals surface area contributed by atoms with Crippen molar-refractivity contribution >= 4 is 12.0 Å². The Hall–Kier alpha value is -3.22. The van der Waals surface area contributed by atoms with E-state index in [9.17, 15) is 31.1 Å². The van der Waals surface area contributed by atoms with E-state index in [1.165, 1.54) is 6.07 Å². The standard InChI is InChI=1S/C16H7F6NO3/c17-15(18,19)10-3-8(4-11(6-10)16(20,21)22)13-2-1-12(26-13)5-9(7-23)14(24)25/h1-6H,(H,24,25). The fourth-order valence-corrected chi connectivity index (χ4v) is 1.97. The van der Waals surface area contributed by atoms with Crippen LogP contribution in [0.5, 0.6) is 0 Å². The molecule has 10 heteroatoms. The molecular formula is C16H7F6NO3. The molecule has 0 fully saturated rings. The van der Waals surface area contributed by atoms with Crippen molar-refractivity contribution in [2.75, 3.05) is 0 Å². The second-order valence-electron chi connectivity index (χ2n) is 4.97. The molecule has 1 aromatic carbocycles. The lowest BCUT2D eigenvalue weighted by molar-refractivity contribution is -0.143. The largest absolute Gasteiger partial charge is 0.477 e. The number of furan rings is 1. The topological polar surface area (TPSA) is 74.2 Å². The molecule has 0 aliphatic heterocycles. The first-order valence-corrected chi connectivity index (χ1v) is 6.66. The number of carbonyl (C=O) groups is 1. The first kappa shape index (κ1) is 19.1. The summed E-state index contributed by atoms with van der Waals surface area (Å²) in [5.74, 6) is -2.13. The number of alkyl halides is 6. The average molecular weight is 375 g/mol. The predicted molar refractivity (Wildman–Crippen MR) is 75.4 cm³/mol. The van der Waals surface area contributed by atoms with E-state index in [2.05, 4.69) is 0 Å². The molecular weight excluding hydrogens is 368 g/mol. The van der Waals surface area contributed by atoms with Crippen LogP contribution in [0.2, 0.25) is 0 Å². The third-order valence-corrected chi connectivity index (χ3v) is 3.14. The molecule has 0 saturated heterocycles. The highest BCUT2D eigenvalue weighted by Crippen LogP contribution is 2.39. The fraction of sp³-hybridized carbons (Fsp3) is 0.125. The molecule has 0 saturated carbocycles. The lowest BCUT2D eigenvalue weighted by Gasteiger charge is -2.13. The van der Waals surface area contributed by atoms with Gasteiger partial charge in [-0.05, 0) is 30.3 Å². The number of rotatable bonds is 3. The van der Waals surface area contributed by atoms with Crippen molar-refractivity contribution in [3.05, 3.63) is 52.8 Å². The number of nitriles is 1. The van der Waals surface area contributed by atoms with Crippen LogP contribution in [0.25, 0.3) is 17.4 Å². The number of benzene rings is 1. The van der Waals surface area contributed by atoms with Gasteiger partial charge in [0.25, 0.3) is 0 Å². The zero-order chi connectivity index (χ0) is 19.7. The highest BCUT2D eigenvalue weighted by Gasteiger charge is 2.37. The van der Waals surface area contributed by atoms with Crippen LogP contribution in [0.15, 0.2) is 40.3 Å². The number of aliphatic carboxylic acids is 1. The molecule has 26 heavy (non-hydrogen) atoms. The molecule has 2 rings (SSSR count). The van der Waals surface area contributed by atoms with Crippen LogP contribution in [0.3, 0.4) is 0 Å². The molecule has 136 valence electrons. The molecule has 0 aliphatic rings. The molecule has 1 N–H and O–H groups in total. The number of hydrogen-bond donors (Lipinski definition) is 1. The van der Waals surface area contributed by atoms with E-state index in [0.717, 1.165) is 18.2 Å². The Kier molecular flexibility index (Phi) is 4.84. The van der Waals surface area contributed by atoms with Crippen molar-refractivity contribution in [2.24, 2.45) is 0 Å². The summed E-state index contributed by atoms with van der Waals surface area (Å²) < 4.78 is 82.2. The molecule has 0 radical (unpaired) electrons. The summed E-state index contributed by atoms with van der Waals surface area (Å²) in [4.78, 5) is 10.7. The van der Waals surface area contributed by atoms with Crippen molar-refractivity contribution in [2.45, 2.75) is 12.4 Å². The SMILES string of the molecule is N#CC(=Cc1ccc(-c2cc(C(F)(F)F)cc(C(F)(F)F)c2)o1)C(=O)O. The zero-order valence-electron chi connectivity index (χ0n) is 12.4. The number of nitrogens with zero attached hydrogens (tertiary/aromatic N) is 1. The van der Waals surface area contributed by atoms with Crippen molar-refractivity contribution in [3.63, 3.8) is 0 Å². The van der Waals surface area contributed by atoms with Gasteiger partial charge in [0.1, 0.15) is 23.2 Å². The summed E-state index contributed by atoms with van der Waals surface area (Å²) in [6.07, 6.45) is -9.23. The first-order chi connectivity index (χ1) is 11.9. The van der Waals surface area contributed by atoms with Crippen LogP contribution in [-0.4, -0.2) is 11.1 Å². The molecule has 0 spiro atoms. The molecule has 4 nitrogen and oxygen atoms in total. The molecule has 0 bridgehead atoms. The van der Waals surface area contributed by atoms with Crippen molar-refractivity contribution in [3.8, 4) is 17.4 Å². The lowest BCUT2D eigenvalue weighted by Crippen LogP contribution is -2.11. The van der Waals surface area contributed by atoms with Gasteiger partial charge in [-0.3, -0.25) is 0 Å². The van der Waals surface area contributed by atoms with E-state index < -0.39 is 40.6 Å². The van der Waals surface area contributed by atoms with E-state index in [0.29, 0.717) is 12.1 Å². The Labute approximate surface area is 141 Å². The van der Waals surface area contributed by atoms with E-state index >= 15 is 0 Å². The Morgan fingerprint density at radius 1 is 1.04 bits per heavy atom. The summed E-state index contributed by atoms with van der Waals surface area (Å²) in [6.45, 7) is 0. The summed E-state index contributed by atoms with van der Waals surface area (Å²) >= 11 is 0. The maximum Gasteiger partial charge on any atom is 0.416 e. The van der Waals surface area contributed by atoms with E-state index in [4.69, 9.17) is 14.8 Å². The number of halogens is 6. The average Bonchev–Trinajstić information content (AvgIpc) is 2.98. The monoisotopic (exact) mass is 375 g/mol. The molecule has 1 heterocycles. The van der Waals surface area contributed by atoms with Crippen molar-refractivity contribution < 1.29 is 40.7 Å². The van der Waals surface area contributed by atoms with Crippen LogP contribution >= 0.6 is 0 Å². The van der Waals surface area contributed by atoms with E-state index in [1.807, 2.05) is 0 Å². The molecule has 2 aromatic rings. The van der Waals surface area contributed by atoms with Gasteiger partial charge in [0.05, 0.1) is 11.1 Å². The third kappa shape index (κ3) is 4.24. The number of carboxylic acid groups (broad SMARTS) is 1. The Morgan fingerprint density at radius 3 is 2.00 bits per heavy atom. The Bertz CT molecular complexity index is 883. The van der Waals surface area contributed by atoms with Crippen LogP contribution in [0, 0.1) is 11.3 Å². The summed E-state index contributed by atoms with van der Waals surface area (Å²) in [7, 11) is 0. The first-order valence-electron chi connectivity index (χ1n) is 6.66. The molecule has 0 amide bonds. The molecule has 0 aliphatic carbocycles. The minimum atomic E-state index is -5.01. The highest BCUT2D eigenvalue weighted by atomic mass is 19.4. The lowest BCUT2D eigenvalue weighted by atomic mass is 10.0. The second kappa shape index (κ2) is 6.59. The Morgan fingerprint density at radius 2 is 1.58 bits per heavy atom. The zero-order valence-corrected chi connectivity index (χ0v) is 12.4. The van der Waals surface area contributed by atoms with Crippen LogP contribution in [0.4, 0.5) is 26.3 Å². The van der Waals surface area contributed by atoms with Gasteiger partial charge in [-0.15, -0.1) is 0 Å². The van der Waals surface area contributed by atoms with Crippen molar-refractivity contribution in [1.29, 1.82) is 5.26 Å². The van der Waals surface area contributed by atoms with Crippen LogP contribution < -0.4 is 0 Å². The van der Waals surface area contributed by atoms with E-state index in [-0.39, 0.29) is 17.6 Å². The quantitative estimate of drug-likeness (QED) is 0.467. The maximum absolute atomic E-state index is 12.9. The van der Waals surface area contributed by atoms with Gasteiger partial charge in [0.2, 0.25) is 0 Å². The fourth-order valence-electron chi connectivity index (χ4n) is 1.97. The minimum absolute atomic E-state index is 0.0224. The number of hydrogen-bond acceptors (Lipinski definition) is 3. The smallest absolute Gasteiger partial charge is 0.416 e. The minimum Gasteiger partial charge on any atom is -0.477 e. The van der Waals surface area contributed by atoms with Gasteiger partial charge in [-0.2, -0.15) is 31.6 Å². The Balaban J connectivity index is 2.56. The molecule has 1 aromatic heterocycles. The van der Waals surface area contributed by atoms with Crippen LogP contribution in [-0.2, 0) is 17.1 Å². The van der Waals surface area contributed by atoms with Gasteiger partial charge in [-0.25, -0.2) is 4.79 Å². The summed E-state index contributed by atoms with van der Waals surface area (Å²) in [5.41, 5.74) is -4.25. The van der Waals surface area contributed by atoms with Gasteiger partial charge in [0.15, 0.2) is 0 Å². The van der Waals surface area contributed by atoms with Crippen LogP contribution in [0.1, 0.15) is 16.9 Å². The number of carboxylic acids is 1. The summed E-state index contributed by atoms with van der Waals surface area (Å²) in [6, 6.07) is 4.47. The normalized spacial score (nSPS) is 12.7. The summed E-state index contributed by atoms with van der Waals surface area (Å²) in [5, 5.41) is 17.4. The maximum atomic E-state index is 12.9. The highest BCUT2D eigenvalue weighted by molar-refractivity contribution is 5.96. The second-order valence-corrected chi connectivity index (χ2v) is 4.97. The predicted octanol–water partition coefficient (Wildman–Crippen LogP) is 4.98. The molecule has 0 unspecified atom stereocenters. The van der Waals surface area contributed by atoms with Gasteiger partial charge < -0.3 is 9.52 Å². The van der Waals surface area contributed by atoms with Gasteiger partial charge in [0, 0.05) is 11.6 Å².